The van der Waals surface area contributed by atoms with Crippen LogP contribution in [-0.4, -0.2) is 110 Å². The molecule has 204 valence electrons. The van der Waals surface area contributed by atoms with Gasteiger partial charge in [-0.15, -0.1) is 0 Å². The van der Waals surface area contributed by atoms with E-state index in [0.717, 1.165) is 4.90 Å². The van der Waals surface area contributed by atoms with Crippen molar-refractivity contribution >= 4 is 90.3 Å². The van der Waals surface area contributed by atoms with Crippen LogP contribution in [0.3, 0.4) is 0 Å². The molecule has 1 aromatic carbocycles. The monoisotopic (exact) mass is 581 g/mol. The fourth-order valence-electron chi connectivity index (χ4n) is 3.35. The molecule has 1 unspecified atom stereocenters. The van der Waals surface area contributed by atoms with Gasteiger partial charge in [0.15, 0.2) is 11.2 Å². The Labute approximate surface area is 254 Å². The number of H-pyrrole nitrogens is 1. The maximum atomic E-state index is 12.9. The van der Waals surface area contributed by atoms with Crippen LogP contribution in [-0.2, 0) is 30.5 Å². The Morgan fingerprint density at radius 1 is 1.12 bits per heavy atom. The molecule has 0 fully saturated rings. The summed E-state index contributed by atoms with van der Waals surface area (Å²) >= 11 is 0. The Bertz CT molecular complexity index is 1490. The quantitative estimate of drug-likeness (QED) is 0.110. The van der Waals surface area contributed by atoms with Crippen LogP contribution in [0.15, 0.2) is 35.3 Å². The minimum Gasteiger partial charge on any atom is -0.481 e. The van der Waals surface area contributed by atoms with E-state index < -0.39 is 47.7 Å². The SMILES string of the molecule is CCOC(=O)C(=O)N(Cc1cnc2nc(N)[nH]c(=O)c2n1)c1ccc(C(=O)NC(CCC(=O)O)C(=O)O)cc1.[Ca+2]. The number of hydrogen-bond donors (Lipinski definition) is 5. The van der Waals surface area contributed by atoms with Crippen molar-refractivity contribution in [2.24, 2.45) is 0 Å². The summed E-state index contributed by atoms with van der Waals surface area (Å²) in [5.74, 6) is -5.81. The number of aromatic nitrogens is 4. The van der Waals surface area contributed by atoms with E-state index in [2.05, 4.69) is 25.3 Å². The molecule has 2 aromatic heterocycles. The third kappa shape index (κ3) is 8.17. The van der Waals surface area contributed by atoms with Crippen LogP contribution in [0.1, 0.15) is 35.8 Å². The smallest absolute Gasteiger partial charge is 0.481 e. The van der Waals surface area contributed by atoms with Gasteiger partial charge in [0.05, 0.1) is 25.0 Å². The van der Waals surface area contributed by atoms with Gasteiger partial charge in [-0.25, -0.2) is 19.6 Å². The van der Waals surface area contributed by atoms with E-state index >= 15 is 0 Å². The van der Waals surface area contributed by atoms with Crippen molar-refractivity contribution in [3.8, 4) is 0 Å². The first-order valence-electron chi connectivity index (χ1n) is 11.4. The van der Waals surface area contributed by atoms with Gasteiger partial charge in [-0.2, -0.15) is 4.98 Å². The van der Waals surface area contributed by atoms with Gasteiger partial charge in [-0.05, 0) is 37.6 Å². The molecule has 0 saturated carbocycles. The summed E-state index contributed by atoms with van der Waals surface area (Å²) in [6, 6.07) is 3.76. The number of aromatic amines is 1. The van der Waals surface area contributed by atoms with Crippen molar-refractivity contribution in [3.63, 3.8) is 0 Å². The van der Waals surface area contributed by atoms with Gasteiger partial charge in [0.25, 0.3) is 11.5 Å². The average molecular weight is 582 g/mol. The van der Waals surface area contributed by atoms with Crippen molar-refractivity contribution in [3.05, 3.63) is 52.1 Å². The number of aliphatic carboxylic acids is 2. The second-order valence-corrected chi connectivity index (χ2v) is 7.94. The number of esters is 1. The molecule has 0 aliphatic rings. The fraction of sp³-hybridized carbons (Fsp3) is 0.261. The van der Waals surface area contributed by atoms with Gasteiger partial charge in [0.2, 0.25) is 5.95 Å². The Morgan fingerprint density at radius 3 is 2.40 bits per heavy atom. The zero-order valence-electron chi connectivity index (χ0n) is 21.1. The second kappa shape index (κ2) is 14.3. The normalized spacial score (nSPS) is 11.1. The first kappa shape index (κ1) is 32.1. The number of rotatable bonds is 10. The van der Waals surface area contributed by atoms with Crippen molar-refractivity contribution in [1.29, 1.82) is 0 Å². The molecular formula is C23H23CaN7O9+2. The van der Waals surface area contributed by atoms with Crippen LogP contribution in [0, 0.1) is 0 Å². The van der Waals surface area contributed by atoms with E-state index in [0.29, 0.717) is 0 Å². The zero-order chi connectivity index (χ0) is 28.7. The van der Waals surface area contributed by atoms with Crippen molar-refractivity contribution in [1.82, 2.24) is 25.3 Å². The molecule has 17 heteroatoms. The van der Waals surface area contributed by atoms with Crippen LogP contribution in [0.25, 0.3) is 11.2 Å². The standard InChI is InChI=1S/C23H23N7O9.Ca/c1-2-39-22(38)20(35)30(10-12-9-25-17-16(26-12)19(34)29-23(24)28-17)13-5-3-11(4-6-13)18(33)27-14(21(36)37)7-8-15(31)32;/h3-6,9,14H,2,7-8,10H2,1H3,(H,27,33)(H,31,32)(H,36,37)(H3,24,25,28,29,34);/q;+2. The summed E-state index contributed by atoms with van der Waals surface area (Å²) in [5.41, 5.74) is 4.93. The van der Waals surface area contributed by atoms with Gasteiger partial charge in [-0.3, -0.25) is 29.1 Å². The number of ether oxygens (including phenoxy) is 1. The molecular weight excluding hydrogens is 558 g/mol. The first-order chi connectivity index (χ1) is 18.5. The van der Waals surface area contributed by atoms with Gasteiger partial charge < -0.3 is 26.0 Å². The Kier molecular flexibility index (Phi) is 11.5. The average Bonchev–Trinajstić information content (AvgIpc) is 2.89. The number of hydrogen-bond acceptors (Lipinski definition) is 11. The Morgan fingerprint density at radius 2 is 1.80 bits per heavy atom. The predicted octanol–water partition coefficient (Wildman–Crippen LogP) is -0.941. The minimum absolute atomic E-state index is 0. The third-order valence-electron chi connectivity index (χ3n) is 5.19. The van der Waals surface area contributed by atoms with Crippen LogP contribution in [0.5, 0.6) is 0 Å². The molecule has 0 saturated heterocycles. The molecule has 16 nitrogen and oxygen atoms in total. The number of carbonyl (C=O) groups excluding carboxylic acids is 3. The van der Waals surface area contributed by atoms with Crippen LogP contribution in [0.4, 0.5) is 11.6 Å². The predicted molar refractivity (Wildman–Crippen MR) is 138 cm³/mol. The molecule has 6 N–H and O–H groups in total. The Hall–Kier alpha value is -4.15. The summed E-state index contributed by atoms with van der Waals surface area (Å²) in [7, 11) is 0. The van der Waals surface area contributed by atoms with E-state index in [1.54, 1.807) is 0 Å². The summed E-state index contributed by atoms with van der Waals surface area (Å²) < 4.78 is 4.81. The molecule has 0 radical (unpaired) electrons. The van der Waals surface area contributed by atoms with Gasteiger partial charge in [0.1, 0.15) is 6.04 Å². The molecule has 0 spiro atoms. The summed E-state index contributed by atoms with van der Waals surface area (Å²) in [6.45, 7) is 1.12. The summed E-state index contributed by atoms with van der Waals surface area (Å²) in [5, 5.41) is 20.3. The third-order valence-corrected chi connectivity index (χ3v) is 5.19. The van der Waals surface area contributed by atoms with E-state index in [-0.39, 0.29) is 91.4 Å². The number of nitrogen functional groups attached to an aromatic ring is 1. The molecule has 0 aliphatic heterocycles. The van der Waals surface area contributed by atoms with Crippen LogP contribution in [0.2, 0.25) is 0 Å². The maximum absolute atomic E-state index is 12.9. The largest absolute Gasteiger partial charge is 2.00 e. The van der Waals surface area contributed by atoms with Gasteiger partial charge in [-0.1, -0.05) is 0 Å². The topological polar surface area (TPSA) is 248 Å². The summed E-state index contributed by atoms with van der Waals surface area (Å²) in [6.07, 6.45) is 0.451. The van der Waals surface area contributed by atoms with Crippen LogP contribution < -0.4 is 21.5 Å². The molecule has 3 aromatic rings. The van der Waals surface area contributed by atoms with E-state index in [1.165, 1.54) is 37.4 Å². The zero-order valence-corrected chi connectivity index (χ0v) is 23.3. The molecule has 0 aliphatic carbocycles. The van der Waals surface area contributed by atoms with Crippen molar-refractivity contribution < 1.29 is 38.9 Å². The number of nitrogens with zero attached hydrogens (tertiary/aromatic N) is 4. The number of carboxylic acids is 2. The van der Waals surface area contributed by atoms with Gasteiger partial charge >= 0.3 is 61.6 Å². The molecule has 2 heterocycles. The second-order valence-electron chi connectivity index (χ2n) is 7.94. The minimum atomic E-state index is -1.44. The number of nitrogens with one attached hydrogen (secondary N) is 2. The van der Waals surface area contributed by atoms with E-state index in [9.17, 15) is 33.9 Å². The van der Waals surface area contributed by atoms with E-state index in [1.807, 2.05) is 0 Å². The molecule has 0 bridgehead atoms. The number of fused-ring (bicyclic) bond motifs is 1. The number of carboxylic acid groups (broad SMARTS) is 2. The number of anilines is 2. The summed E-state index contributed by atoms with van der Waals surface area (Å²) in [4.78, 5) is 87.3. The number of benzene rings is 1. The van der Waals surface area contributed by atoms with Gasteiger partial charge in [0, 0.05) is 17.7 Å². The number of amides is 2. The maximum Gasteiger partial charge on any atom is 2.00 e. The van der Waals surface area contributed by atoms with Crippen molar-refractivity contribution in [2.45, 2.75) is 32.4 Å². The molecule has 3 rings (SSSR count). The molecule has 2 amide bonds. The van der Waals surface area contributed by atoms with E-state index in [4.69, 9.17) is 15.6 Å². The Balaban J connectivity index is 0.00000560. The molecule has 1 atom stereocenters. The number of carbonyl (C=O) groups is 5. The first-order valence-corrected chi connectivity index (χ1v) is 11.4. The number of nitrogens with two attached hydrogens (primary N) is 1. The fourth-order valence-corrected chi connectivity index (χ4v) is 3.35. The van der Waals surface area contributed by atoms with Crippen LogP contribution >= 0.6 is 0 Å². The molecule has 40 heavy (non-hydrogen) atoms. The van der Waals surface area contributed by atoms with Crippen molar-refractivity contribution in [2.75, 3.05) is 17.2 Å².